The molecule has 0 heterocycles. The predicted molar refractivity (Wildman–Crippen MR) is 39.0 cm³/mol. The summed E-state index contributed by atoms with van der Waals surface area (Å²) in [4.78, 5) is 0. The number of hydrogen-bond donors (Lipinski definition) is 0. The minimum absolute atomic E-state index is 0.154. The van der Waals surface area contributed by atoms with Crippen molar-refractivity contribution in [2.45, 2.75) is 39.3 Å². The molecule has 0 N–H and O–H groups in total. The van der Waals surface area contributed by atoms with Crippen LogP contribution in [-0.4, -0.2) is 6.18 Å². The van der Waals surface area contributed by atoms with Gasteiger partial charge in [-0.25, -0.2) is 0 Å². The van der Waals surface area contributed by atoms with Gasteiger partial charge in [-0.3, -0.25) is 0 Å². The second kappa shape index (κ2) is 4.62. The molecule has 0 nitrogen and oxygen atoms in total. The average molecular weight is 167 g/mol. The van der Waals surface area contributed by atoms with Crippen LogP contribution in [0.4, 0.5) is 13.2 Å². The zero-order chi connectivity index (χ0) is 8.91. The van der Waals surface area contributed by atoms with Crippen molar-refractivity contribution in [2.24, 2.45) is 5.92 Å². The van der Waals surface area contributed by atoms with Crippen LogP contribution >= 0.6 is 0 Å². The Morgan fingerprint density at radius 3 is 2.18 bits per heavy atom. The van der Waals surface area contributed by atoms with Crippen molar-refractivity contribution in [3.05, 3.63) is 6.42 Å². The van der Waals surface area contributed by atoms with Gasteiger partial charge < -0.3 is 0 Å². The topological polar surface area (TPSA) is 0 Å². The van der Waals surface area contributed by atoms with E-state index in [1.165, 1.54) is 0 Å². The monoisotopic (exact) mass is 167 g/mol. The number of hydrogen-bond acceptors (Lipinski definition) is 0. The molecule has 0 aromatic heterocycles. The van der Waals surface area contributed by atoms with E-state index in [9.17, 15) is 13.2 Å². The Labute approximate surface area is 65.8 Å². The van der Waals surface area contributed by atoms with Crippen molar-refractivity contribution in [1.82, 2.24) is 0 Å². The molecule has 11 heavy (non-hydrogen) atoms. The highest BCUT2D eigenvalue weighted by Gasteiger charge is 2.25. The highest BCUT2D eigenvalue weighted by atomic mass is 19.4. The van der Waals surface area contributed by atoms with Gasteiger partial charge in [-0.15, -0.1) is 0 Å². The summed E-state index contributed by atoms with van der Waals surface area (Å²) in [7, 11) is 0. The Kier molecular flexibility index (Phi) is 4.54. The maximum atomic E-state index is 11.6. The summed E-state index contributed by atoms with van der Waals surface area (Å²) in [6.45, 7) is 3.98. The van der Waals surface area contributed by atoms with Gasteiger partial charge in [-0.1, -0.05) is 13.8 Å². The van der Waals surface area contributed by atoms with Gasteiger partial charge in [0.25, 0.3) is 0 Å². The summed E-state index contributed by atoms with van der Waals surface area (Å²) >= 11 is 0. The highest BCUT2D eigenvalue weighted by Crippen LogP contribution is 2.22. The first kappa shape index (κ1) is 10.8. The standard InChI is InChI=1S/C8H14F3/c1-7(2)5-3-4-6-8(9,10)11/h3,7H,4-6H2,1-2H3. The Morgan fingerprint density at radius 1 is 1.27 bits per heavy atom. The van der Waals surface area contributed by atoms with Crippen LogP contribution in [0.25, 0.3) is 0 Å². The van der Waals surface area contributed by atoms with E-state index in [0.717, 1.165) is 6.42 Å². The minimum Gasteiger partial charge on any atom is -0.171 e. The molecule has 0 bridgehead atoms. The number of rotatable bonds is 4. The SMILES string of the molecule is CC(C)C[CH]CCC(F)(F)F. The average Bonchev–Trinajstić information content (AvgIpc) is 1.78. The highest BCUT2D eigenvalue weighted by molar-refractivity contribution is 4.68. The molecule has 0 spiro atoms. The lowest BCUT2D eigenvalue weighted by atomic mass is 10.1. The molecular weight excluding hydrogens is 153 g/mol. The molecule has 67 valence electrons. The van der Waals surface area contributed by atoms with E-state index >= 15 is 0 Å². The third kappa shape index (κ3) is 9.79. The van der Waals surface area contributed by atoms with Gasteiger partial charge in [-0.05, 0) is 25.2 Å². The number of unbranched alkanes of at least 4 members (excludes halogenated alkanes) is 1. The summed E-state index contributed by atoms with van der Waals surface area (Å²) in [5.41, 5.74) is 0. The first-order valence-corrected chi connectivity index (χ1v) is 3.80. The van der Waals surface area contributed by atoms with Crippen LogP contribution in [0.3, 0.4) is 0 Å². The molecule has 0 amide bonds. The van der Waals surface area contributed by atoms with Crippen LogP contribution in [0.15, 0.2) is 0 Å². The van der Waals surface area contributed by atoms with E-state index in [4.69, 9.17) is 0 Å². The van der Waals surface area contributed by atoms with E-state index in [-0.39, 0.29) is 6.42 Å². The zero-order valence-electron chi connectivity index (χ0n) is 6.91. The van der Waals surface area contributed by atoms with Crippen LogP contribution < -0.4 is 0 Å². The van der Waals surface area contributed by atoms with Crippen LogP contribution in [-0.2, 0) is 0 Å². The largest absolute Gasteiger partial charge is 0.389 e. The van der Waals surface area contributed by atoms with Crippen LogP contribution in [0.5, 0.6) is 0 Å². The smallest absolute Gasteiger partial charge is 0.171 e. The summed E-state index contributed by atoms with van der Waals surface area (Å²) in [5.74, 6) is 0.461. The van der Waals surface area contributed by atoms with Gasteiger partial charge in [-0.2, -0.15) is 13.2 Å². The molecule has 1 radical (unpaired) electrons. The van der Waals surface area contributed by atoms with E-state index in [2.05, 4.69) is 0 Å². The molecule has 0 aliphatic heterocycles. The van der Waals surface area contributed by atoms with Gasteiger partial charge in [0.15, 0.2) is 0 Å². The first-order valence-electron chi connectivity index (χ1n) is 3.80. The summed E-state index contributed by atoms with van der Waals surface area (Å²) in [6, 6.07) is 0. The Balaban J connectivity index is 3.15. The van der Waals surface area contributed by atoms with E-state index in [0.29, 0.717) is 5.92 Å². The fraction of sp³-hybridized carbons (Fsp3) is 0.875. The molecule has 0 saturated carbocycles. The lowest BCUT2D eigenvalue weighted by molar-refractivity contribution is -0.134. The first-order chi connectivity index (χ1) is 4.92. The molecular formula is C8H14F3. The third-order valence-electron chi connectivity index (χ3n) is 1.27. The lowest BCUT2D eigenvalue weighted by Crippen LogP contribution is -2.06. The van der Waals surface area contributed by atoms with Crippen molar-refractivity contribution in [3.8, 4) is 0 Å². The summed E-state index contributed by atoms with van der Waals surface area (Å²) in [6.07, 6.45) is -2.04. The van der Waals surface area contributed by atoms with Gasteiger partial charge in [0.1, 0.15) is 0 Å². The fourth-order valence-corrected chi connectivity index (χ4v) is 0.717. The summed E-state index contributed by atoms with van der Waals surface area (Å²) in [5, 5.41) is 0. The quantitative estimate of drug-likeness (QED) is 0.561. The van der Waals surface area contributed by atoms with Crippen LogP contribution in [0.1, 0.15) is 33.1 Å². The van der Waals surface area contributed by atoms with Gasteiger partial charge in [0.2, 0.25) is 0 Å². The van der Waals surface area contributed by atoms with Crippen molar-refractivity contribution in [3.63, 3.8) is 0 Å². The van der Waals surface area contributed by atoms with Crippen molar-refractivity contribution >= 4 is 0 Å². The second-order valence-corrected chi connectivity index (χ2v) is 3.07. The molecule has 0 fully saturated rings. The Hall–Kier alpha value is -0.210. The van der Waals surface area contributed by atoms with E-state index < -0.39 is 12.6 Å². The lowest BCUT2D eigenvalue weighted by Gasteiger charge is -2.06. The molecule has 0 aliphatic rings. The number of halogens is 3. The molecule has 0 rings (SSSR count). The second-order valence-electron chi connectivity index (χ2n) is 3.07. The van der Waals surface area contributed by atoms with Crippen LogP contribution in [0.2, 0.25) is 0 Å². The minimum atomic E-state index is -3.99. The Bertz CT molecular complexity index is 94.0. The maximum Gasteiger partial charge on any atom is 0.389 e. The van der Waals surface area contributed by atoms with Crippen molar-refractivity contribution < 1.29 is 13.2 Å². The molecule has 0 aromatic carbocycles. The Morgan fingerprint density at radius 2 is 1.82 bits per heavy atom. The molecule has 0 aromatic rings. The molecule has 0 saturated heterocycles. The molecule has 0 aliphatic carbocycles. The molecule has 0 atom stereocenters. The molecule has 3 heteroatoms. The zero-order valence-corrected chi connectivity index (χ0v) is 6.91. The van der Waals surface area contributed by atoms with Crippen molar-refractivity contribution in [2.75, 3.05) is 0 Å². The normalized spacial score (nSPS) is 12.5. The van der Waals surface area contributed by atoms with E-state index in [1.54, 1.807) is 6.42 Å². The van der Waals surface area contributed by atoms with Gasteiger partial charge in [0.05, 0.1) is 0 Å². The van der Waals surface area contributed by atoms with Crippen molar-refractivity contribution in [1.29, 1.82) is 0 Å². The summed E-state index contributed by atoms with van der Waals surface area (Å²) < 4.78 is 34.7. The van der Waals surface area contributed by atoms with Crippen LogP contribution in [0, 0.1) is 12.3 Å². The van der Waals surface area contributed by atoms with Gasteiger partial charge >= 0.3 is 6.18 Å². The fourth-order valence-electron chi connectivity index (χ4n) is 0.717. The predicted octanol–water partition coefficient (Wildman–Crippen LogP) is 3.58. The number of alkyl halides is 3. The maximum absolute atomic E-state index is 11.6. The van der Waals surface area contributed by atoms with E-state index in [1.807, 2.05) is 13.8 Å². The van der Waals surface area contributed by atoms with Gasteiger partial charge in [0, 0.05) is 6.42 Å². The third-order valence-corrected chi connectivity index (χ3v) is 1.27. The molecule has 0 unspecified atom stereocenters.